The maximum Gasteiger partial charge on any atom is 0.397 e. The molecule has 5 nitrogen and oxygen atoms in total. The van der Waals surface area contributed by atoms with E-state index in [0.29, 0.717) is 19.3 Å². The van der Waals surface area contributed by atoms with E-state index in [4.69, 9.17) is 4.55 Å². The van der Waals surface area contributed by atoms with Crippen LogP contribution in [0.4, 0.5) is 0 Å². The van der Waals surface area contributed by atoms with Crippen LogP contribution in [-0.2, 0) is 19.4 Å². The zero-order chi connectivity index (χ0) is 13.1. The molecule has 0 atom stereocenters. The molecule has 0 bridgehead atoms. The molecule has 0 radical (unpaired) electrons. The molecule has 17 heavy (non-hydrogen) atoms. The molecule has 6 heteroatoms. The highest BCUT2D eigenvalue weighted by molar-refractivity contribution is 7.80. The number of hydrogen-bond acceptors (Lipinski definition) is 4. The minimum atomic E-state index is -4.36. The van der Waals surface area contributed by atoms with Gasteiger partial charge in [-0.2, -0.15) is 8.42 Å². The summed E-state index contributed by atoms with van der Waals surface area (Å²) < 4.78 is 32.8. The van der Waals surface area contributed by atoms with Crippen molar-refractivity contribution in [3.63, 3.8) is 0 Å². The summed E-state index contributed by atoms with van der Waals surface area (Å²) in [5, 5.41) is 0. The molecule has 0 aromatic carbocycles. The van der Waals surface area contributed by atoms with Gasteiger partial charge in [-0.3, -0.25) is 9.35 Å². The van der Waals surface area contributed by atoms with Crippen LogP contribution < -0.4 is 0 Å². The molecule has 0 aromatic heterocycles. The molecule has 102 valence electrons. The standard InChI is InChI=1S/C11H22O5S/c1-2-3-4-5-6-8-11(12)9-7-10-16-17(13,14)15/h2-10H2,1H3,(H,13,14,15). The van der Waals surface area contributed by atoms with Crippen molar-refractivity contribution in [1.82, 2.24) is 0 Å². The van der Waals surface area contributed by atoms with E-state index in [1.54, 1.807) is 0 Å². The molecule has 0 unspecified atom stereocenters. The van der Waals surface area contributed by atoms with Gasteiger partial charge in [-0.1, -0.05) is 32.6 Å². The lowest BCUT2D eigenvalue weighted by Gasteiger charge is -2.01. The lowest BCUT2D eigenvalue weighted by Crippen LogP contribution is -2.07. The fraction of sp³-hybridized carbons (Fsp3) is 0.909. The van der Waals surface area contributed by atoms with E-state index in [1.165, 1.54) is 12.8 Å². The number of carbonyl (C=O) groups is 1. The first kappa shape index (κ1) is 16.5. The highest BCUT2D eigenvalue weighted by Gasteiger charge is 2.06. The van der Waals surface area contributed by atoms with Crippen molar-refractivity contribution in [2.45, 2.75) is 58.3 Å². The quantitative estimate of drug-likeness (QED) is 0.459. The number of carbonyl (C=O) groups excluding carboxylic acids is 1. The third kappa shape index (κ3) is 13.5. The van der Waals surface area contributed by atoms with Crippen molar-refractivity contribution in [3.05, 3.63) is 0 Å². The van der Waals surface area contributed by atoms with Crippen molar-refractivity contribution in [2.75, 3.05) is 6.61 Å². The van der Waals surface area contributed by atoms with Gasteiger partial charge in [0.25, 0.3) is 0 Å². The summed E-state index contributed by atoms with van der Waals surface area (Å²) in [5.74, 6) is 0.125. The zero-order valence-corrected chi connectivity index (χ0v) is 11.2. The van der Waals surface area contributed by atoms with Gasteiger partial charge in [0, 0.05) is 12.8 Å². The third-order valence-corrected chi connectivity index (χ3v) is 2.86. The summed E-state index contributed by atoms with van der Waals surface area (Å²) in [4.78, 5) is 11.3. The maximum atomic E-state index is 11.3. The number of Topliss-reactive ketones (excluding diaryl/α,β-unsaturated/α-hetero) is 1. The Labute approximate surface area is 104 Å². The number of unbranched alkanes of at least 4 members (excludes halogenated alkanes) is 4. The van der Waals surface area contributed by atoms with Crippen LogP contribution >= 0.6 is 0 Å². The van der Waals surface area contributed by atoms with E-state index in [2.05, 4.69) is 11.1 Å². The largest absolute Gasteiger partial charge is 0.397 e. The Balaban J connectivity index is 3.35. The summed E-state index contributed by atoms with van der Waals surface area (Å²) in [6.07, 6.45) is 6.71. The molecule has 0 saturated carbocycles. The first-order chi connectivity index (χ1) is 7.95. The molecular formula is C11H22O5S. The van der Waals surface area contributed by atoms with E-state index < -0.39 is 10.4 Å². The number of rotatable bonds is 11. The molecule has 0 aromatic rings. The van der Waals surface area contributed by atoms with Crippen molar-refractivity contribution in [1.29, 1.82) is 0 Å². The van der Waals surface area contributed by atoms with Crippen LogP contribution in [0.5, 0.6) is 0 Å². The predicted octanol–water partition coefficient (Wildman–Crippen LogP) is 2.52. The van der Waals surface area contributed by atoms with Crippen molar-refractivity contribution in [3.8, 4) is 0 Å². The number of ketones is 1. The fourth-order valence-corrected chi connectivity index (χ4v) is 1.81. The Morgan fingerprint density at radius 2 is 1.65 bits per heavy atom. The molecule has 0 fully saturated rings. The van der Waals surface area contributed by atoms with Crippen molar-refractivity contribution in [2.24, 2.45) is 0 Å². The molecule has 0 aliphatic heterocycles. The second-order valence-electron chi connectivity index (χ2n) is 4.06. The van der Waals surface area contributed by atoms with E-state index in [0.717, 1.165) is 19.3 Å². The molecule has 0 saturated heterocycles. The van der Waals surface area contributed by atoms with Gasteiger partial charge < -0.3 is 0 Å². The van der Waals surface area contributed by atoms with Gasteiger partial charge in [0.2, 0.25) is 0 Å². The summed E-state index contributed by atoms with van der Waals surface area (Å²) in [5.41, 5.74) is 0. The van der Waals surface area contributed by atoms with Crippen molar-refractivity contribution < 1.29 is 21.9 Å². The molecule has 0 aliphatic rings. The summed E-state index contributed by atoms with van der Waals surface area (Å²) in [6, 6.07) is 0. The van der Waals surface area contributed by atoms with E-state index >= 15 is 0 Å². The second-order valence-corrected chi connectivity index (χ2v) is 5.15. The predicted molar refractivity (Wildman–Crippen MR) is 65.1 cm³/mol. The maximum absolute atomic E-state index is 11.3. The summed E-state index contributed by atoms with van der Waals surface area (Å²) in [7, 11) is -4.36. The van der Waals surface area contributed by atoms with Crippen LogP contribution in [0, 0.1) is 0 Å². The molecular weight excluding hydrogens is 244 g/mol. The Bertz CT molecular complexity index is 297. The Kier molecular flexibility index (Phi) is 9.30. The summed E-state index contributed by atoms with van der Waals surface area (Å²) in [6.45, 7) is 2.00. The van der Waals surface area contributed by atoms with Gasteiger partial charge >= 0.3 is 10.4 Å². The fourth-order valence-electron chi connectivity index (χ4n) is 1.48. The number of hydrogen-bond donors (Lipinski definition) is 1. The first-order valence-corrected chi connectivity index (χ1v) is 7.45. The van der Waals surface area contributed by atoms with Crippen LogP contribution in [0.2, 0.25) is 0 Å². The smallest absolute Gasteiger partial charge is 0.300 e. The lowest BCUT2D eigenvalue weighted by atomic mass is 10.1. The van der Waals surface area contributed by atoms with Crippen LogP contribution in [0.25, 0.3) is 0 Å². The van der Waals surface area contributed by atoms with Gasteiger partial charge in [0.15, 0.2) is 0 Å². The van der Waals surface area contributed by atoms with Gasteiger partial charge in [-0.25, -0.2) is 4.18 Å². The first-order valence-electron chi connectivity index (χ1n) is 6.09. The minimum Gasteiger partial charge on any atom is -0.300 e. The van der Waals surface area contributed by atoms with Crippen LogP contribution in [-0.4, -0.2) is 25.4 Å². The van der Waals surface area contributed by atoms with Gasteiger partial charge in [-0.05, 0) is 12.8 Å². The molecule has 0 rings (SSSR count). The van der Waals surface area contributed by atoms with Gasteiger partial charge in [0.05, 0.1) is 6.61 Å². The van der Waals surface area contributed by atoms with Crippen LogP contribution in [0.3, 0.4) is 0 Å². The normalized spacial score (nSPS) is 11.6. The molecule has 0 heterocycles. The van der Waals surface area contributed by atoms with Crippen LogP contribution in [0.15, 0.2) is 0 Å². The van der Waals surface area contributed by atoms with Gasteiger partial charge in [-0.15, -0.1) is 0 Å². The van der Waals surface area contributed by atoms with E-state index in [-0.39, 0.29) is 12.4 Å². The van der Waals surface area contributed by atoms with E-state index in [1.807, 2.05) is 0 Å². The third-order valence-electron chi connectivity index (χ3n) is 2.39. The SMILES string of the molecule is CCCCCCCC(=O)CCCOS(=O)(=O)O. The van der Waals surface area contributed by atoms with Crippen molar-refractivity contribution >= 4 is 16.2 Å². The average molecular weight is 266 g/mol. The molecule has 1 N–H and O–H groups in total. The Morgan fingerprint density at radius 3 is 2.24 bits per heavy atom. The Hall–Kier alpha value is -0.460. The van der Waals surface area contributed by atoms with Gasteiger partial charge in [0.1, 0.15) is 5.78 Å². The lowest BCUT2D eigenvalue weighted by molar-refractivity contribution is -0.119. The topological polar surface area (TPSA) is 80.7 Å². The average Bonchev–Trinajstić information content (AvgIpc) is 2.23. The molecule has 0 spiro atoms. The molecule has 0 aliphatic carbocycles. The Morgan fingerprint density at radius 1 is 1.06 bits per heavy atom. The second kappa shape index (κ2) is 9.56. The van der Waals surface area contributed by atoms with E-state index in [9.17, 15) is 13.2 Å². The monoisotopic (exact) mass is 266 g/mol. The molecule has 0 amide bonds. The van der Waals surface area contributed by atoms with Crippen LogP contribution in [0.1, 0.15) is 58.3 Å². The minimum absolute atomic E-state index is 0.125. The highest BCUT2D eigenvalue weighted by Crippen LogP contribution is 2.07. The summed E-state index contributed by atoms with van der Waals surface area (Å²) >= 11 is 0. The highest BCUT2D eigenvalue weighted by atomic mass is 32.3. The zero-order valence-electron chi connectivity index (χ0n) is 10.4.